The van der Waals surface area contributed by atoms with Crippen LogP contribution in [0, 0.1) is 0 Å². The van der Waals surface area contributed by atoms with E-state index >= 15 is 0 Å². The first-order chi connectivity index (χ1) is 12.8. The van der Waals surface area contributed by atoms with Crippen LogP contribution in [0.5, 0.6) is 0 Å². The number of rotatable bonds is 2. The molecule has 0 unspecified atom stereocenters. The van der Waals surface area contributed by atoms with E-state index in [2.05, 4.69) is 9.97 Å². The predicted molar refractivity (Wildman–Crippen MR) is 109 cm³/mol. The SMILES string of the molecule is Clc1nc(C2CCCCCCCCCC2)nc(C2CCCCCCC2)n1. The molecule has 2 fully saturated rings. The lowest BCUT2D eigenvalue weighted by atomic mass is 9.90. The highest BCUT2D eigenvalue weighted by atomic mass is 35.5. The van der Waals surface area contributed by atoms with Gasteiger partial charge in [0.1, 0.15) is 11.6 Å². The van der Waals surface area contributed by atoms with Crippen LogP contribution >= 0.6 is 11.6 Å². The summed E-state index contributed by atoms with van der Waals surface area (Å²) in [7, 11) is 0. The summed E-state index contributed by atoms with van der Waals surface area (Å²) in [5, 5.41) is 0.418. The summed E-state index contributed by atoms with van der Waals surface area (Å²) >= 11 is 6.36. The van der Waals surface area contributed by atoms with Crippen molar-refractivity contribution in [1.29, 1.82) is 0 Å². The monoisotopic (exact) mass is 377 g/mol. The minimum absolute atomic E-state index is 0.418. The van der Waals surface area contributed by atoms with Crippen LogP contribution in [0.15, 0.2) is 0 Å². The topological polar surface area (TPSA) is 38.7 Å². The lowest BCUT2D eigenvalue weighted by molar-refractivity contribution is 0.434. The Kier molecular flexibility index (Phi) is 8.64. The minimum Gasteiger partial charge on any atom is -0.217 e. The van der Waals surface area contributed by atoms with E-state index < -0.39 is 0 Å². The van der Waals surface area contributed by atoms with Crippen molar-refractivity contribution >= 4 is 11.6 Å². The summed E-state index contributed by atoms with van der Waals surface area (Å²) in [4.78, 5) is 14.1. The van der Waals surface area contributed by atoms with Gasteiger partial charge in [0.15, 0.2) is 0 Å². The van der Waals surface area contributed by atoms with Gasteiger partial charge in [-0.25, -0.2) is 15.0 Å². The molecular weight excluding hydrogens is 342 g/mol. The van der Waals surface area contributed by atoms with Crippen LogP contribution in [-0.4, -0.2) is 15.0 Å². The standard InChI is InChI=1S/C22H36ClN3/c23-22-25-20(18-14-10-6-3-1-2-4-7-11-15-18)24-21(26-22)19-16-12-8-5-9-13-17-19/h18-19H,1-17H2. The first-order valence-corrected chi connectivity index (χ1v) is 11.6. The van der Waals surface area contributed by atoms with Gasteiger partial charge in [0, 0.05) is 11.8 Å². The van der Waals surface area contributed by atoms with E-state index in [-0.39, 0.29) is 0 Å². The largest absolute Gasteiger partial charge is 0.225 e. The third-order valence-electron chi connectivity index (χ3n) is 6.33. The molecule has 1 aromatic rings. The summed E-state index contributed by atoms with van der Waals surface area (Å²) in [6, 6.07) is 0. The first-order valence-electron chi connectivity index (χ1n) is 11.2. The Hall–Kier alpha value is -0.700. The van der Waals surface area contributed by atoms with Crippen molar-refractivity contribution in [3.63, 3.8) is 0 Å². The normalized spacial score (nSPS) is 23.0. The zero-order valence-electron chi connectivity index (χ0n) is 16.4. The molecule has 0 spiro atoms. The van der Waals surface area contributed by atoms with Gasteiger partial charge in [0.05, 0.1) is 0 Å². The molecule has 0 saturated heterocycles. The summed E-state index contributed by atoms with van der Waals surface area (Å²) in [6.07, 6.45) is 22.4. The van der Waals surface area contributed by atoms with Gasteiger partial charge >= 0.3 is 0 Å². The molecule has 1 aromatic heterocycles. The molecule has 146 valence electrons. The van der Waals surface area contributed by atoms with E-state index in [0.717, 1.165) is 11.6 Å². The quantitative estimate of drug-likeness (QED) is 0.540. The minimum atomic E-state index is 0.418. The van der Waals surface area contributed by atoms with Crippen molar-refractivity contribution in [3.8, 4) is 0 Å². The summed E-state index contributed by atoms with van der Waals surface area (Å²) in [5.41, 5.74) is 0. The Morgan fingerprint density at radius 1 is 0.462 bits per heavy atom. The fourth-order valence-electron chi connectivity index (χ4n) is 4.71. The Balaban J connectivity index is 1.73. The molecule has 2 saturated carbocycles. The Morgan fingerprint density at radius 3 is 1.12 bits per heavy atom. The fraction of sp³-hybridized carbons (Fsp3) is 0.864. The number of aromatic nitrogens is 3. The van der Waals surface area contributed by atoms with Crippen LogP contribution in [0.4, 0.5) is 0 Å². The lowest BCUT2D eigenvalue weighted by Gasteiger charge is -2.21. The fourth-order valence-corrected chi connectivity index (χ4v) is 4.88. The van der Waals surface area contributed by atoms with Crippen molar-refractivity contribution < 1.29 is 0 Å². The van der Waals surface area contributed by atoms with E-state index in [9.17, 15) is 0 Å². The molecule has 0 atom stereocenters. The van der Waals surface area contributed by atoms with Gasteiger partial charge in [-0.3, -0.25) is 0 Å². The summed E-state index contributed by atoms with van der Waals surface area (Å²) in [6.45, 7) is 0. The van der Waals surface area contributed by atoms with Gasteiger partial charge in [-0.1, -0.05) is 83.5 Å². The third kappa shape index (κ3) is 6.48. The van der Waals surface area contributed by atoms with E-state index in [4.69, 9.17) is 16.6 Å². The average molecular weight is 378 g/mol. The molecule has 0 radical (unpaired) electrons. The van der Waals surface area contributed by atoms with E-state index in [1.807, 2.05) is 0 Å². The number of nitrogens with zero attached hydrogens (tertiary/aromatic N) is 3. The molecule has 2 aliphatic rings. The summed E-state index contributed by atoms with van der Waals surface area (Å²) < 4.78 is 0. The zero-order valence-corrected chi connectivity index (χ0v) is 17.2. The van der Waals surface area contributed by atoms with E-state index in [0.29, 0.717) is 17.1 Å². The van der Waals surface area contributed by atoms with Gasteiger partial charge in [0.25, 0.3) is 0 Å². The Labute approximate surface area is 164 Å². The van der Waals surface area contributed by atoms with Crippen molar-refractivity contribution in [3.05, 3.63) is 16.9 Å². The van der Waals surface area contributed by atoms with Gasteiger partial charge in [-0.15, -0.1) is 0 Å². The first kappa shape index (κ1) is 20.0. The number of hydrogen-bond donors (Lipinski definition) is 0. The average Bonchev–Trinajstić information content (AvgIpc) is 2.66. The maximum Gasteiger partial charge on any atom is 0.225 e. The second kappa shape index (κ2) is 11.2. The van der Waals surface area contributed by atoms with Crippen LogP contribution in [0.1, 0.15) is 133 Å². The highest BCUT2D eigenvalue weighted by Gasteiger charge is 2.22. The molecule has 0 amide bonds. The molecule has 0 N–H and O–H groups in total. The zero-order chi connectivity index (χ0) is 18.0. The predicted octanol–water partition coefficient (Wildman–Crippen LogP) is 7.35. The highest BCUT2D eigenvalue weighted by Crippen LogP contribution is 2.32. The van der Waals surface area contributed by atoms with Crippen LogP contribution in [0.3, 0.4) is 0 Å². The highest BCUT2D eigenvalue weighted by molar-refractivity contribution is 6.28. The van der Waals surface area contributed by atoms with Crippen LogP contribution in [0.2, 0.25) is 5.28 Å². The molecule has 1 heterocycles. The molecule has 3 nitrogen and oxygen atoms in total. The molecule has 4 heteroatoms. The van der Waals surface area contributed by atoms with Gasteiger partial charge in [-0.05, 0) is 37.3 Å². The van der Waals surface area contributed by atoms with Crippen molar-refractivity contribution in [1.82, 2.24) is 15.0 Å². The lowest BCUT2D eigenvalue weighted by Crippen LogP contribution is -2.13. The van der Waals surface area contributed by atoms with Gasteiger partial charge < -0.3 is 0 Å². The van der Waals surface area contributed by atoms with Crippen LogP contribution < -0.4 is 0 Å². The maximum absolute atomic E-state index is 6.36. The number of halogens is 1. The number of hydrogen-bond acceptors (Lipinski definition) is 3. The smallest absolute Gasteiger partial charge is 0.217 e. The molecule has 0 aliphatic heterocycles. The second-order valence-electron chi connectivity index (χ2n) is 8.47. The maximum atomic E-state index is 6.36. The molecule has 0 bridgehead atoms. The van der Waals surface area contributed by atoms with Gasteiger partial charge in [-0.2, -0.15) is 0 Å². The summed E-state index contributed by atoms with van der Waals surface area (Å²) in [5.74, 6) is 2.93. The molecular formula is C22H36ClN3. The van der Waals surface area contributed by atoms with Crippen LogP contribution in [0.25, 0.3) is 0 Å². The van der Waals surface area contributed by atoms with Crippen molar-refractivity contribution in [2.75, 3.05) is 0 Å². The van der Waals surface area contributed by atoms with Gasteiger partial charge in [0.2, 0.25) is 5.28 Å². The van der Waals surface area contributed by atoms with E-state index in [1.165, 1.54) is 109 Å². The van der Waals surface area contributed by atoms with Crippen LogP contribution in [-0.2, 0) is 0 Å². The Morgan fingerprint density at radius 2 is 0.769 bits per heavy atom. The molecule has 26 heavy (non-hydrogen) atoms. The molecule has 2 aliphatic carbocycles. The van der Waals surface area contributed by atoms with E-state index in [1.54, 1.807) is 0 Å². The second-order valence-corrected chi connectivity index (χ2v) is 8.80. The Bertz CT molecular complexity index is 514. The van der Waals surface area contributed by atoms with Crippen molar-refractivity contribution in [2.45, 2.75) is 121 Å². The molecule has 3 rings (SSSR count). The third-order valence-corrected chi connectivity index (χ3v) is 6.50. The molecule has 0 aromatic carbocycles. The van der Waals surface area contributed by atoms with Crippen molar-refractivity contribution in [2.24, 2.45) is 0 Å².